The number of ether oxygens (including phenoxy) is 2. The summed E-state index contributed by atoms with van der Waals surface area (Å²) in [5, 5.41) is 0. The molecule has 0 atom stereocenters. The fourth-order valence-corrected chi connectivity index (χ4v) is 4.30. The minimum atomic E-state index is -0.890. The second-order valence-corrected chi connectivity index (χ2v) is 7.81. The van der Waals surface area contributed by atoms with E-state index in [1.165, 1.54) is 0 Å². The minimum Gasteiger partial charge on any atom is -0.493 e. The van der Waals surface area contributed by atoms with E-state index in [9.17, 15) is 9.59 Å². The monoisotopic (exact) mass is 449 g/mol. The van der Waals surface area contributed by atoms with Crippen molar-refractivity contribution in [3.8, 4) is 22.8 Å². The predicted molar refractivity (Wildman–Crippen MR) is 125 cm³/mol. The molecule has 0 fully saturated rings. The number of carbonyl (C=O) groups excluding carboxylic acids is 1. The van der Waals surface area contributed by atoms with E-state index in [0.29, 0.717) is 54.4 Å². The third kappa shape index (κ3) is 3.80. The maximum absolute atomic E-state index is 13.5. The molecule has 9 nitrogen and oxygen atoms in total. The molecule has 0 saturated heterocycles. The van der Waals surface area contributed by atoms with E-state index in [-0.39, 0.29) is 5.49 Å². The molecular weight excluding hydrogens is 422 g/mol. The predicted octanol–water partition coefficient (Wildman–Crippen LogP) is 1.86. The SMILES string of the molecule is COc1cc2c(cc1OC)-c1c(CCN)c(=Nc3ccccc3C)n(C(N)=O)c(=O)n1CC2. The molecule has 0 radical (unpaired) electrons. The van der Waals surface area contributed by atoms with Gasteiger partial charge in [-0.15, -0.1) is 0 Å². The Balaban J connectivity index is 2.17. The maximum Gasteiger partial charge on any atom is 0.338 e. The molecule has 172 valence electrons. The van der Waals surface area contributed by atoms with Crippen LogP contribution in [0.2, 0.25) is 0 Å². The summed E-state index contributed by atoms with van der Waals surface area (Å²) in [5.74, 6) is 1.15. The van der Waals surface area contributed by atoms with Gasteiger partial charge in [-0.1, -0.05) is 18.2 Å². The summed E-state index contributed by atoms with van der Waals surface area (Å²) in [6.07, 6.45) is 0.971. The Bertz CT molecular complexity index is 1370. The van der Waals surface area contributed by atoms with Crippen LogP contribution >= 0.6 is 0 Å². The first-order valence-electron chi connectivity index (χ1n) is 10.7. The van der Waals surface area contributed by atoms with Crippen LogP contribution in [0.3, 0.4) is 0 Å². The second-order valence-electron chi connectivity index (χ2n) is 7.81. The van der Waals surface area contributed by atoms with Gasteiger partial charge in [0.05, 0.1) is 25.6 Å². The summed E-state index contributed by atoms with van der Waals surface area (Å²) < 4.78 is 13.5. The third-order valence-electron chi connectivity index (χ3n) is 5.89. The number of hydrogen-bond donors (Lipinski definition) is 2. The number of hydrogen-bond acceptors (Lipinski definition) is 6. The first kappa shape index (κ1) is 22.3. The highest BCUT2D eigenvalue weighted by Gasteiger charge is 2.27. The van der Waals surface area contributed by atoms with Crippen molar-refractivity contribution in [2.75, 3.05) is 20.8 Å². The van der Waals surface area contributed by atoms with Crippen LogP contribution in [0.5, 0.6) is 11.5 Å². The van der Waals surface area contributed by atoms with Crippen LogP contribution in [0.25, 0.3) is 11.3 Å². The Kier molecular flexibility index (Phi) is 6.06. The second kappa shape index (κ2) is 8.95. The zero-order valence-corrected chi connectivity index (χ0v) is 18.9. The summed E-state index contributed by atoms with van der Waals surface area (Å²) >= 11 is 0. The lowest BCUT2D eigenvalue weighted by molar-refractivity contribution is 0.247. The molecule has 0 unspecified atom stereocenters. The van der Waals surface area contributed by atoms with Crippen molar-refractivity contribution in [2.45, 2.75) is 26.3 Å². The van der Waals surface area contributed by atoms with Gasteiger partial charge in [-0.05, 0) is 55.6 Å². The van der Waals surface area contributed by atoms with Crippen LogP contribution in [0.4, 0.5) is 10.5 Å². The van der Waals surface area contributed by atoms with E-state index in [1.54, 1.807) is 18.8 Å². The fourth-order valence-electron chi connectivity index (χ4n) is 4.30. The molecule has 1 aliphatic rings. The summed E-state index contributed by atoms with van der Waals surface area (Å²) in [6.45, 7) is 2.59. The Morgan fingerprint density at radius 2 is 1.85 bits per heavy atom. The van der Waals surface area contributed by atoms with Crippen LogP contribution in [0.15, 0.2) is 46.2 Å². The first-order valence-corrected chi connectivity index (χ1v) is 10.7. The van der Waals surface area contributed by atoms with Gasteiger partial charge in [0.2, 0.25) is 0 Å². The quantitative estimate of drug-likeness (QED) is 0.615. The van der Waals surface area contributed by atoms with Gasteiger partial charge >= 0.3 is 11.7 Å². The first-order chi connectivity index (χ1) is 15.9. The smallest absolute Gasteiger partial charge is 0.338 e. The maximum atomic E-state index is 13.5. The van der Waals surface area contributed by atoms with Crippen molar-refractivity contribution >= 4 is 11.7 Å². The van der Waals surface area contributed by atoms with Gasteiger partial charge in [-0.25, -0.2) is 14.6 Å². The summed E-state index contributed by atoms with van der Waals surface area (Å²) in [4.78, 5) is 30.6. The molecule has 4 rings (SSSR count). The zero-order valence-electron chi connectivity index (χ0n) is 18.9. The van der Waals surface area contributed by atoms with E-state index < -0.39 is 11.7 Å². The molecule has 1 aliphatic heterocycles. The number of aryl methyl sites for hydroxylation is 2. The Labute approximate surface area is 190 Å². The van der Waals surface area contributed by atoms with E-state index in [1.807, 2.05) is 43.3 Å². The van der Waals surface area contributed by atoms with Crippen molar-refractivity contribution in [2.24, 2.45) is 16.5 Å². The molecule has 4 N–H and O–H groups in total. The molecule has 2 heterocycles. The number of aromatic nitrogens is 2. The number of carbonyl (C=O) groups is 1. The van der Waals surface area contributed by atoms with Crippen LogP contribution in [-0.2, 0) is 19.4 Å². The third-order valence-corrected chi connectivity index (χ3v) is 5.89. The molecule has 0 aliphatic carbocycles. The van der Waals surface area contributed by atoms with Crippen LogP contribution < -0.4 is 32.1 Å². The van der Waals surface area contributed by atoms with Gasteiger partial charge in [0.15, 0.2) is 17.0 Å². The topological polar surface area (TPSA) is 127 Å². The zero-order chi connectivity index (χ0) is 23.7. The lowest BCUT2D eigenvalue weighted by atomic mass is 9.93. The standard InChI is InChI=1S/C24H27N5O4/c1-14-6-4-5-7-18(14)27-22-16(8-10-25)21-17-13-20(33-3)19(32-2)12-15(17)9-11-28(21)24(31)29(22)23(26)30/h4-7,12-13H,8-11,25H2,1-3H3,(H2,26,30). The van der Waals surface area contributed by atoms with E-state index in [0.717, 1.165) is 21.3 Å². The van der Waals surface area contributed by atoms with Crippen molar-refractivity contribution < 1.29 is 14.3 Å². The van der Waals surface area contributed by atoms with Crippen LogP contribution in [0, 0.1) is 6.92 Å². The molecule has 9 heteroatoms. The number of primary amides is 1. The van der Waals surface area contributed by atoms with Gasteiger partial charge < -0.3 is 20.9 Å². The van der Waals surface area contributed by atoms with Crippen molar-refractivity contribution in [3.05, 3.63) is 69.1 Å². The van der Waals surface area contributed by atoms with Gasteiger partial charge in [-0.3, -0.25) is 4.57 Å². The number of fused-ring (bicyclic) bond motifs is 3. The number of nitrogens with zero attached hydrogens (tertiary/aromatic N) is 3. The highest BCUT2D eigenvalue weighted by molar-refractivity contribution is 5.77. The Hall–Kier alpha value is -3.85. The van der Waals surface area contributed by atoms with E-state index in [4.69, 9.17) is 25.9 Å². The number of methoxy groups -OCH3 is 2. The summed E-state index contributed by atoms with van der Waals surface area (Å²) in [6, 6.07) is 10.4. The summed E-state index contributed by atoms with van der Waals surface area (Å²) in [5.41, 5.74) is 16.0. The lowest BCUT2D eigenvalue weighted by Crippen LogP contribution is -2.49. The van der Waals surface area contributed by atoms with Crippen molar-refractivity contribution in [1.82, 2.24) is 9.13 Å². The van der Waals surface area contributed by atoms with Gasteiger partial charge in [0.25, 0.3) is 0 Å². The van der Waals surface area contributed by atoms with Gasteiger partial charge in [0.1, 0.15) is 0 Å². The number of rotatable bonds is 5. The average molecular weight is 450 g/mol. The number of para-hydroxylation sites is 1. The molecule has 1 aromatic heterocycles. The average Bonchev–Trinajstić information content (AvgIpc) is 2.81. The largest absolute Gasteiger partial charge is 0.493 e. The highest BCUT2D eigenvalue weighted by Crippen LogP contribution is 2.38. The number of benzene rings is 2. The summed E-state index contributed by atoms with van der Waals surface area (Å²) in [7, 11) is 3.15. The highest BCUT2D eigenvalue weighted by atomic mass is 16.5. The molecule has 2 aromatic carbocycles. The van der Waals surface area contributed by atoms with Gasteiger partial charge in [0, 0.05) is 17.7 Å². The molecule has 0 spiro atoms. The molecule has 3 aromatic rings. The van der Waals surface area contributed by atoms with Crippen LogP contribution in [-0.4, -0.2) is 35.9 Å². The molecular formula is C24H27N5O4. The number of nitrogens with two attached hydrogens (primary N) is 2. The Morgan fingerprint density at radius 1 is 1.15 bits per heavy atom. The minimum absolute atomic E-state index is 0.195. The van der Waals surface area contributed by atoms with Crippen molar-refractivity contribution in [1.29, 1.82) is 0 Å². The normalized spacial score (nSPS) is 12.8. The lowest BCUT2D eigenvalue weighted by Gasteiger charge is -2.26. The van der Waals surface area contributed by atoms with E-state index in [2.05, 4.69) is 0 Å². The number of amides is 1. The fraction of sp³-hybridized carbons (Fsp3) is 0.292. The molecule has 1 amide bonds. The molecule has 33 heavy (non-hydrogen) atoms. The molecule has 0 bridgehead atoms. The van der Waals surface area contributed by atoms with Crippen LogP contribution in [0.1, 0.15) is 16.7 Å². The van der Waals surface area contributed by atoms with Gasteiger partial charge in [-0.2, -0.15) is 4.57 Å². The van der Waals surface area contributed by atoms with E-state index >= 15 is 0 Å². The van der Waals surface area contributed by atoms with Crippen molar-refractivity contribution in [3.63, 3.8) is 0 Å². The Morgan fingerprint density at radius 3 is 2.48 bits per heavy atom. The molecule has 0 saturated carbocycles.